The number of rotatable bonds is 5. The predicted octanol–water partition coefficient (Wildman–Crippen LogP) is 4.32. The van der Waals surface area contributed by atoms with Crippen LogP contribution in [-0.4, -0.2) is 7.05 Å². The van der Waals surface area contributed by atoms with Crippen molar-refractivity contribution < 1.29 is 8.81 Å². The van der Waals surface area contributed by atoms with E-state index in [4.69, 9.17) is 4.42 Å². The molecule has 1 aromatic heterocycles. The minimum Gasteiger partial charge on any atom is -0.435 e. The summed E-state index contributed by atoms with van der Waals surface area (Å²) in [6.07, 6.45) is 0.977. The largest absolute Gasteiger partial charge is 0.435 e. The van der Waals surface area contributed by atoms with Crippen molar-refractivity contribution in [1.82, 2.24) is 0 Å². The second kappa shape index (κ2) is 5.96. The second-order valence-electron chi connectivity index (χ2n) is 3.89. The fourth-order valence-electron chi connectivity index (χ4n) is 1.80. The zero-order valence-electron chi connectivity index (χ0n) is 10.5. The Balaban J connectivity index is 2.17. The molecule has 0 saturated heterocycles. The van der Waals surface area contributed by atoms with Gasteiger partial charge in [-0.2, -0.15) is 4.39 Å². The molecule has 2 rings (SSSR count). The highest BCUT2D eigenvalue weighted by atomic mass is 32.2. The van der Waals surface area contributed by atoms with Gasteiger partial charge in [-0.15, -0.1) is 11.8 Å². The van der Waals surface area contributed by atoms with Crippen LogP contribution in [0.3, 0.4) is 0 Å². The van der Waals surface area contributed by atoms with Crippen LogP contribution in [0.5, 0.6) is 0 Å². The number of anilines is 1. The van der Waals surface area contributed by atoms with Crippen molar-refractivity contribution in [2.24, 2.45) is 0 Å². The quantitative estimate of drug-likeness (QED) is 0.815. The molecule has 2 nitrogen and oxygen atoms in total. The maximum atomic E-state index is 12.8. The number of furan rings is 1. The first-order chi connectivity index (χ1) is 8.74. The van der Waals surface area contributed by atoms with E-state index in [-0.39, 0.29) is 0 Å². The lowest BCUT2D eigenvalue weighted by Gasteiger charge is -2.12. The molecule has 0 saturated carbocycles. The Kier molecular flexibility index (Phi) is 4.31. The molecule has 0 spiro atoms. The van der Waals surface area contributed by atoms with Gasteiger partial charge in [-0.05, 0) is 24.1 Å². The lowest BCUT2D eigenvalue weighted by atomic mass is 10.1. The SMILES string of the molecule is CCc1cccc(NC)c1SCc1ccc(F)o1. The molecule has 0 radical (unpaired) electrons. The highest BCUT2D eigenvalue weighted by molar-refractivity contribution is 7.98. The minimum atomic E-state index is -0.525. The molecule has 96 valence electrons. The van der Waals surface area contributed by atoms with E-state index >= 15 is 0 Å². The Bertz CT molecular complexity index is 502. The third-order valence-corrected chi connectivity index (χ3v) is 3.93. The molecular formula is C14H16FNOS. The van der Waals surface area contributed by atoms with E-state index in [0.717, 1.165) is 12.1 Å². The van der Waals surface area contributed by atoms with Crippen LogP contribution >= 0.6 is 11.8 Å². The summed E-state index contributed by atoms with van der Waals surface area (Å²) in [4.78, 5) is 1.21. The summed E-state index contributed by atoms with van der Waals surface area (Å²) in [5.41, 5.74) is 2.39. The zero-order chi connectivity index (χ0) is 13.0. The standard InChI is InChI=1S/C14H16FNOS/c1-3-10-5-4-6-12(16-2)14(10)18-9-11-7-8-13(15)17-11/h4-8,16H,3,9H2,1-2H3. The van der Waals surface area contributed by atoms with Gasteiger partial charge in [0.1, 0.15) is 5.76 Å². The first-order valence-electron chi connectivity index (χ1n) is 5.91. The Morgan fingerprint density at radius 3 is 2.72 bits per heavy atom. The van der Waals surface area contributed by atoms with E-state index in [1.807, 2.05) is 19.2 Å². The van der Waals surface area contributed by atoms with Gasteiger partial charge in [0.25, 0.3) is 6.01 Å². The molecule has 0 atom stereocenters. The van der Waals surface area contributed by atoms with Gasteiger partial charge in [0, 0.05) is 23.7 Å². The molecule has 0 amide bonds. The van der Waals surface area contributed by atoms with Crippen molar-refractivity contribution in [3.05, 3.63) is 47.7 Å². The fraction of sp³-hybridized carbons (Fsp3) is 0.286. The van der Waals surface area contributed by atoms with Gasteiger partial charge in [0.05, 0.1) is 5.75 Å². The monoisotopic (exact) mass is 265 g/mol. The summed E-state index contributed by atoms with van der Waals surface area (Å²) < 4.78 is 17.7. The van der Waals surface area contributed by atoms with E-state index in [2.05, 4.69) is 18.3 Å². The van der Waals surface area contributed by atoms with Gasteiger partial charge in [0.15, 0.2) is 0 Å². The maximum absolute atomic E-state index is 12.8. The Morgan fingerprint density at radius 1 is 1.28 bits per heavy atom. The maximum Gasteiger partial charge on any atom is 0.277 e. The van der Waals surface area contributed by atoms with Crippen molar-refractivity contribution in [2.75, 3.05) is 12.4 Å². The van der Waals surface area contributed by atoms with Gasteiger partial charge in [0.2, 0.25) is 0 Å². The normalized spacial score (nSPS) is 10.6. The smallest absolute Gasteiger partial charge is 0.277 e. The van der Waals surface area contributed by atoms with Crippen LogP contribution in [0.4, 0.5) is 10.1 Å². The molecule has 2 aromatic rings. The van der Waals surface area contributed by atoms with E-state index in [9.17, 15) is 4.39 Å². The van der Waals surface area contributed by atoms with Crippen molar-refractivity contribution in [3.8, 4) is 0 Å². The van der Waals surface area contributed by atoms with E-state index in [1.54, 1.807) is 17.8 Å². The zero-order valence-corrected chi connectivity index (χ0v) is 11.3. The lowest BCUT2D eigenvalue weighted by Crippen LogP contribution is -1.95. The second-order valence-corrected chi connectivity index (χ2v) is 4.88. The highest BCUT2D eigenvalue weighted by Gasteiger charge is 2.09. The molecule has 1 aromatic carbocycles. The third-order valence-electron chi connectivity index (χ3n) is 2.73. The number of halogens is 1. The van der Waals surface area contributed by atoms with Gasteiger partial charge in [-0.1, -0.05) is 19.1 Å². The molecule has 0 aliphatic rings. The van der Waals surface area contributed by atoms with Crippen molar-refractivity contribution in [1.29, 1.82) is 0 Å². The number of aryl methyl sites for hydroxylation is 1. The summed E-state index contributed by atoms with van der Waals surface area (Å²) in [5, 5.41) is 3.19. The Morgan fingerprint density at radius 2 is 2.11 bits per heavy atom. The summed E-state index contributed by atoms with van der Waals surface area (Å²) in [6.45, 7) is 2.13. The molecule has 0 bridgehead atoms. The number of benzene rings is 1. The van der Waals surface area contributed by atoms with Crippen molar-refractivity contribution in [2.45, 2.75) is 24.0 Å². The van der Waals surface area contributed by atoms with Crippen LogP contribution in [0.1, 0.15) is 18.2 Å². The summed E-state index contributed by atoms with van der Waals surface area (Å²) in [5.74, 6) is 1.29. The number of nitrogens with one attached hydrogen (secondary N) is 1. The number of hydrogen-bond donors (Lipinski definition) is 1. The Labute approximate surface area is 111 Å². The average Bonchev–Trinajstić information content (AvgIpc) is 2.81. The van der Waals surface area contributed by atoms with Crippen molar-refractivity contribution in [3.63, 3.8) is 0 Å². The van der Waals surface area contributed by atoms with Gasteiger partial charge < -0.3 is 9.73 Å². The van der Waals surface area contributed by atoms with E-state index < -0.39 is 6.01 Å². The Hall–Kier alpha value is -1.42. The molecular weight excluding hydrogens is 249 g/mol. The van der Waals surface area contributed by atoms with Gasteiger partial charge in [-0.3, -0.25) is 0 Å². The first-order valence-corrected chi connectivity index (χ1v) is 6.89. The predicted molar refractivity (Wildman–Crippen MR) is 73.6 cm³/mol. The summed E-state index contributed by atoms with van der Waals surface area (Å²) in [6, 6.07) is 8.71. The van der Waals surface area contributed by atoms with Gasteiger partial charge in [-0.25, -0.2) is 0 Å². The van der Waals surface area contributed by atoms with E-state index in [0.29, 0.717) is 11.5 Å². The van der Waals surface area contributed by atoms with Crippen molar-refractivity contribution >= 4 is 17.4 Å². The van der Waals surface area contributed by atoms with Gasteiger partial charge >= 0.3 is 0 Å². The minimum absolute atomic E-state index is 0.525. The molecule has 1 N–H and O–H groups in total. The fourth-order valence-corrected chi connectivity index (χ4v) is 2.97. The number of thioether (sulfide) groups is 1. The number of hydrogen-bond acceptors (Lipinski definition) is 3. The summed E-state index contributed by atoms with van der Waals surface area (Å²) >= 11 is 1.67. The topological polar surface area (TPSA) is 25.2 Å². The molecule has 0 aliphatic heterocycles. The third kappa shape index (κ3) is 2.88. The molecule has 0 fully saturated rings. The first kappa shape index (κ1) is 13.0. The molecule has 0 unspecified atom stereocenters. The molecule has 18 heavy (non-hydrogen) atoms. The molecule has 0 aliphatic carbocycles. The highest BCUT2D eigenvalue weighted by Crippen LogP contribution is 2.33. The molecule has 1 heterocycles. The van der Waals surface area contributed by atoms with Crippen LogP contribution < -0.4 is 5.32 Å². The van der Waals surface area contributed by atoms with Crippen LogP contribution in [0.25, 0.3) is 0 Å². The molecule has 4 heteroatoms. The summed E-state index contributed by atoms with van der Waals surface area (Å²) in [7, 11) is 1.91. The average molecular weight is 265 g/mol. The van der Waals surface area contributed by atoms with Crippen LogP contribution in [0.2, 0.25) is 0 Å². The van der Waals surface area contributed by atoms with Crippen LogP contribution in [-0.2, 0) is 12.2 Å². The van der Waals surface area contributed by atoms with Crippen LogP contribution in [0, 0.1) is 6.01 Å². The van der Waals surface area contributed by atoms with E-state index in [1.165, 1.54) is 16.5 Å². The van der Waals surface area contributed by atoms with Crippen LogP contribution in [0.15, 0.2) is 39.6 Å². The lowest BCUT2D eigenvalue weighted by molar-refractivity contribution is 0.344.